The van der Waals surface area contributed by atoms with E-state index in [0.29, 0.717) is 37.5 Å². The summed E-state index contributed by atoms with van der Waals surface area (Å²) < 4.78 is 28.4. The molecule has 1 aliphatic heterocycles. The number of carbonyl (C=O) groups excluding carboxylic acids is 1. The molecule has 0 unspecified atom stereocenters. The number of nitrogens with zero attached hydrogens (tertiary/aromatic N) is 2. The summed E-state index contributed by atoms with van der Waals surface area (Å²) in [7, 11) is -3.61. The van der Waals surface area contributed by atoms with Crippen LogP contribution in [0.3, 0.4) is 0 Å². The van der Waals surface area contributed by atoms with Gasteiger partial charge in [0.15, 0.2) is 0 Å². The molecule has 1 N–H and O–H groups in total. The number of aromatic nitrogens is 1. The van der Waals surface area contributed by atoms with Crippen LogP contribution in [-0.4, -0.2) is 54.7 Å². The van der Waals surface area contributed by atoms with E-state index in [1.54, 1.807) is 4.90 Å². The van der Waals surface area contributed by atoms with E-state index in [1.165, 1.54) is 4.31 Å². The summed E-state index contributed by atoms with van der Waals surface area (Å²) in [5, 5.41) is 1.05. The average molecular weight is 440 g/mol. The van der Waals surface area contributed by atoms with Crippen molar-refractivity contribution in [2.45, 2.75) is 39.0 Å². The van der Waals surface area contributed by atoms with Crippen LogP contribution in [0.4, 0.5) is 0 Å². The highest BCUT2D eigenvalue weighted by Gasteiger charge is 2.33. The second kappa shape index (κ2) is 8.13. The van der Waals surface area contributed by atoms with Gasteiger partial charge < -0.3 is 9.88 Å². The summed E-state index contributed by atoms with van der Waals surface area (Å²) in [5.41, 5.74) is 5.56. The van der Waals surface area contributed by atoms with Gasteiger partial charge >= 0.3 is 0 Å². The second-order valence-corrected chi connectivity index (χ2v) is 10.3. The van der Waals surface area contributed by atoms with Crippen molar-refractivity contribution < 1.29 is 13.2 Å². The van der Waals surface area contributed by atoms with Crippen molar-refractivity contribution in [1.29, 1.82) is 0 Å². The lowest BCUT2D eigenvalue weighted by atomic mass is 10.0. The highest BCUT2D eigenvalue weighted by molar-refractivity contribution is 7.89. The Balaban J connectivity index is 1.48. The van der Waals surface area contributed by atoms with Gasteiger partial charge in [-0.2, -0.15) is 4.31 Å². The molecule has 0 bridgehead atoms. The second-order valence-electron chi connectivity index (χ2n) is 8.41. The lowest BCUT2D eigenvalue weighted by Gasteiger charge is -2.35. The summed E-state index contributed by atoms with van der Waals surface area (Å²) in [5.74, 6) is 0.0283. The van der Waals surface area contributed by atoms with E-state index < -0.39 is 10.0 Å². The molecule has 164 valence electrons. The number of aromatic amines is 1. The number of sulfonamides is 1. The van der Waals surface area contributed by atoms with E-state index in [9.17, 15) is 13.2 Å². The lowest BCUT2D eigenvalue weighted by Crippen LogP contribution is -2.51. The Kier molecular flexibility index (Phi) is 5.66. The van der Waals surface area contributed by atoms with Gasteiger partial charge in [0.1, 0.15) is 0 Å². The number of nitrogens with one attached hydrogen (secondary N) is 1. The summed E-state index contributed by atoms with van der Waals surface area (Å²) in [6.45, 7) is 9.07. The molecular weight excluding hydrogens is 410 g/mol. The number of carbonyl (C=O) groups is 1. The first-order valence-electron chi connectivity index (χ1n) is 10.6. The molecule has 1 aliphatic rings. The number of H-pyrrole nitrogens is 1. The molecule has 0 saturated carbocycles. The number of para-hydroxylation sites is 1. The van der Waals surface area contributed by atoms with Gasteiger partial charge in [-0.1, -0.05) is 24.3 Å². The van der Waals surface area contributed by atoms with Crippen LogP contribution >= 0.6 is 0 Å². The molecule has 1 saturated heterocycles. The first kappa shape index (κ1) is 21.6. The molecule has 6 nitrogen and oxygen atoms in total. The third kappa shape index (κ3) is 3.88. The minimum atomic E-state index is -3.61. The smallest absolute Gasteiger partial charge is 0.243 e. The number of fused-ring (bicyclic) bond motifs is 1. The van der Waals surface area contributed by atoms with Crippen LogP contribution in [0.15, 0.2) is 41.4 Å². The fraction of sp³-hybridized carbons (Fsp3) is 0.375. The van der Waals surface area contributed by atoms with Gasteiger partial charge in [-0.25, -0.2) is 8.42 Å². The fourth-order valence-corrected chi connectivity index (χ4v) is 6.43. The molecule has 0 spiro atoms. The zero-order chi connectivity index (χ0) is 22.3. The van der Waals surface area contributed by atoms with Gasteiger partial charge in [0.25, 0.3) is 0 Å². The molecule has 31 heavy (non-hydrogen) atoms. The predicted octanol–water partition coefficient (Wildman–Crippen LogP) is 3.48. The summed E-state index contributed by atoms with van der Waals surface area (Å²) >= 11 is 0. The van der Waals surface area contributed by atoms with E-state index in [0.717, 1.165) is 38.7 Å². The predicted molar refractivity (Wildman–Crippen MR) is 123 cm³/mol. The van der Waals surface area contributed by atoms with Gasteiger partial charge in [0, 0.05) is 43.3 Å². The number of amides is 1. The van der Waals surface area contributed by atoms with Gasteiger partial charge in [-0.3, -0.25) is 4.79 Å². The van der Waals surface area contributed by atoms with E-state index >= 15 is 0 Å². The van der Waals surface area contributed by atoms with Crippen molar-refractivity contribution in [3.05, 3.63) is 64.3 Å². The largest absolute Gasteiger partial charge is 0.361 e. The van der Waals surface area contributed by atoms with Crippen LogP contribution in [-0.2, 0) is 21.2 Å². The van der Waals surface area contributed by atoms with E-state index in [2.05, 4.69) is 4.98 Å². The molecule has 1 amide bonds. The average Bonchev–Trinajstić information content (AvgIpc) is 3.15. The van der Waals surface area contributed by atoms with Crippen molar-refractivity contribution in [2.75, 3.05) is 26.2 Å². The molecule has 0 radical (unpaired) electrons. The Hall–Kier alpha value is -2.64. The van der Waals surface area contributed by atoms with Gasteiger partial charge in [0.05, 0.1) is 11.3 Å². The van der Waals surface area contributed by atoms with Crippen molar-refractivity contribution >= 4 is 26.8 Å². The number of rotatable bonds is 4. The molecule has 2 heterocycles. The summed E-state index contributed by atoms with van der Waals surface area (Å²) in [4.78, 5) is 18.3. The Labute approximate surface area is 183 Å². The normalized spacial score (nSPS) is 15.5. The topological polar surface area (TPSA) is 73.5 Å². The number of hydrogen-bond acceptors (Lipinski definition) is 3. The minimum absolute atomic E-state index is 0.0283. The third-order valence-corrected chi connectivity index (χ3v) is 8.68. The van der Waals surface area contributed by atoms with Crippen LogP contribution in [0.5, 0.6) is 0 Å². The number of aryl methyl sites for hydroxylation is 2. The van der Waals surface area contributed by atoms with Crippen LogP contribution in [0.2, 0.25) is 0 Å². The number of benzene rings is 2. The monoisotopic (exact) mass is 439 g/mol. The van der Waals surface area contributed by atoms with Crippen molar-refractivity contribution in [1.82, 2.24) is 14.2 Å². The summed E-state index contributed by atoms with van der Waals surface area (Å²) in [6.07, 6.45) is 2.20. The highest BCUT2D eigenvalue weighted by atomic mass is 32.2. The van der Waals surface area contributed by atoms with E-state index in [4.69, 9.17) is 0 Å². The Morgan fingerprint density at radius 2 is 1.58 bits per heavy atom. The Morgan fingerprint density at radius 1 is 0.968 bits per heavy atom. The number of hydrogen-bond donors (Lipinski definition) is 1. The molecule has 0 atom stereocenters. The Morgan fingerprint density at radius 3 is 2.23 bits per heavy atom. The van der Waals surface area contributed by atoms with Crippen molar-refractivity contribution in [3.63, 3.8) is 0 Å². The van der Waals surface area contributed by atoms with Crippen molar-refractivity contribution in [2.24, 2.45) is 0 Å². The van der Waals surface area contributed by atoms with Gasteiger partial charge in [-0.05, 0) is 61.6 Å². The maximum Gasteiger partial charge on any atom is 0.243 e. The molecule has 1 aromatic heterocycles. The standard InChI is InChI=1S/C24H29N3O3S/c1-16-13-17(2)19(4)24(18(16)3)31(29,30)27-11-9-26(10-12-27)23(28)14-20-15-25-22-8-6-5-7-21(20)22/h5-8,13,15,25H,9-12,14H2,1-4H3. The number of piperazine rings is 1. The van der Waals surface area contributed by atoms with Crippen LogP contribution < -0.4 is 0 Å². The van der Waals surface area contributed by atoms with Crippen LogP contribution in [0.25, 0.3) is 10.9 Å². The van der Waals surface area contributed by atoms with E-state index in [1.807, 2.05) is 64.2 Å². The molecular formula is C24H29N3O3S. The van der Waals surface area contributed by atoms with Crippen LogP contribution in [0.1, 0.15) is 27.8 Å². The SMILES string of the molecule is Cc1cc(C)c(C)c(S(=O)(=O)N2CCN(C(=O)Cc3c[nH]c4ccccc34)CC2)c1C. The first-order chi connectivity index (χ1) is 14.7. The molecule has 0 aliphatic carbocycles. The highest BCUT2D eigenvalue weighted by Crippen LogP contribution is 2.29. The maximum absolute atomic E-state index is 13.4. The van der Waals surface area contributed by atoms with Crippen molar-refractivity contribution in [3.8, 4) is 0 Å². The lowest BCUT2D eigenvalue weighted by molar-refractivity contribution is -0.131. The molecule has 1 fully saturated rings. The molecule has 3 aromatic rings. The van der Waals surface area contributed by atoms with Gasteiger partial charge in [-0.15, -0.1) is 0 Å². The van der Waals surface area contributed by atoms with Crippen LogP contribution in [0, 0.1) is 27.7 Å². The molecule has 2 aromatic carbocycles. The van der Waals surface area contributed by atoms with Gasteiger partial charge in [0.2, 0.25) is 15.9 Å². The zero-order valence-electron chi connectivity index (χ0n) is 18.5. The molecule has 4 rings (SSSR count). The first-order valence-corrected chi connectivity index (χ1v) is 12.0. The quantitative estimate of drug-likeness (QED) is 0.676. The third-order valence-electron chi connectivity index (χ3n) is 6.50. The summed E-state index contributed by atoms with van der Waals surface area (Å²) in [6, 6.07) is 9.95. The van der Waals surface area contributed by atoms with E-state index in [-0.39, 0.29) is 5.91 Å². The Bertz CT molecular complexity index is 1230. The molecule has 7 heteroatoms. The minimum Gasteiger partial charge on any atom is -0.361 e. The maximum atomic E-state index is 13.4. The fourth-order valence-electron chi connectivity index (χ4n) is 4.43. The zero-order valence-corrected chi connectivity index (χ0v) is 19.3.